The molecule has 0 unspecified atom stereocenters. The summed E-state index contributed by atoms with van der Waals surface area (Å²) in [6.45, 7) is 3.01. The number of hydrogen-bond donors (Lipinski definition) is 1. The molecule has 1 aromatic carbocycles. The first-order valence-electron chi connectivity index (χ1n) is 8.74. The summed E-state index contributed by atoms with van der Waals surface area (Å²) in [7, 11) is 1.61. The fraction of sp³-hybridized carbons (Fsp3) is 0.421. The van der Waals surface area contributed by atoms with E-state index in [2.05, 4.69) is 10.3 Å². The molecule has 0 aliphatic carbocycles. The maximum Gasteiger partial charge on any atom is 0.226 e. The largest absolute Gasteiger partial charge is 0.496 e. The number of hydrogen-bond acceptors (Lipinski definition) is 5. The van der Waals surface area contributed by atoms with Crippen molar-refractivity contribution in [1.82, 2.24) is 15.2 Å². The number of aromatic nitrogens is 1. The molecule has 3 rings (SSSR count). The number of methoxy groups -OCH3 is 1. The summed E-state index contributed by atoms with van der Waals surface area (Å²) < 4.78 is 5.47. The van der Waals surface area contributed by atoms with E-state index in [1.54, 1.807) is 29.5 Å². The van der Waals surface area contributed by atoms with E-state index in [9.17, 15) is 9.59 Å². The van der Waals surface area contributed by atoms with Crippen molar-refractivity contribution in [2.24, 2.45) is 5.92 Å². The van der Waals surface area contributed by atoms with Crippen molar-refractivity contribution in [2.75, 3.05) is 20.2 Å². The second kappa shape index (κ2) is 8.31. The number of carbonyl (C=O) groups excluding carboxylic acids is 2. The fourth-order valence-corrected chi connectivity index (χ4v) is 4.11. The van der Waals surface area contributed by atoms with Crippen LogP contribution in [0.25, 0.3) is 0 Å². The van der Waals surface area contributed by atoms with Crippen molar-refractivity contribution in [3.05, 3.63) is 46.4 Å². The van der Waals surface area contributed by atoms with Gasteiger partial charge in [-0.1, -0.05) is 18.2 Å². The predicted molar refractivity (Wildman–Crippen MR) is 100 cm³/mol. The summed E-state index contributed by atoms with van der Waals surface area (Å²) in [6, 6.07) is 7.29. The summed E-state index contributed by atoms with van der Waals surface area (Å²) in [4.78, 5) is 31.3. The zero-order valence-electron chi connectivity index (χ0n) is 15.0. The molecule has 7 heteroatoms. The van der Waals surface area contributed by atoms with Crippen molar-refractivity contribution < 1.29 is 14.3 Å². The number of benzene rings is 1. The highest BCUT2D eigenvalue weighted by molar-refractivity contribution is 7.09. The number of nitrogens with one attached hydrogen (secondary N) is 1. The number of para-hydroxylation sites is 1. The predicted octanol–water partition coefficient (Wildman–Crippen LogP) is 2.42. The standard InChI is InChI=1S/C19H23N3O3S/c1-3-22-17(23)12-14(18(22)13-6-4-5-7-15(13)25-2)19(24)21-9-8-16-20-10-11-26-16/h4-7,10-11,14,18H,3,8-9,12H2,1-2H3,(H,21,24)/t14-,18+/m1/s1. The highest BCUT2D eigenvalue weighted by Crippen LogP contribution is 2.41. The van der Waals surface area contributed by atoms with Gasteiger partial charge in [0.1, 0.15) is 5.75 Å². The quantitative estimate of drug-likeness (QED) is 0.809. The summed E-state index contributed by atoms with van der Waals surface area (Å²) in [5.41, 5.74) is 0.878. The van der Waals surface area contributed by atoms with Gasteiger partial charge in [0.25, 0.3) is 0 Å². The lowest BCUT2D eigenvalue weighted by Gasteiger charge is -2.28. The summed E-state index contributed by atoms with van der Waals surface area (Å²) in [5, 5.41) is 5.88. The van der Waals surface area contributed by atoms with Gasteiger partial charge in [-0.3, -0.25) is 9.59 Å². The molecule has 2 atom stereocenters. The van der Waals surface area contributed by atoms with Crippen LogP contribution in [0.4, 0.5) is 0 Å². The van der Waals surface area contributed by atoms with E-state index >= 15 is 0 Å². The molecule has 26 heavy (non-hydrogen) atoms. The molecular formula is C19H23N3O3S. The molecule has 1 aromatic heterocycles. The second-order valence-corrected chi connectivity index (χ2v) is 7.12. The van der Waals surface area contributed by atoms with Gasteiger partial charge >= 0.3 is 0 Å². The molecule has 2 heterocycles. The van der Waals surface area contributed by atoms with E-state index in [0.717, 1.165) is 10.6 Å². The van der Waals surface area contributed by atoms with E-state index < -0.39 is 5.92 Å². The van der Waals surface area contributed by atoms with E-state index in [4.69, 9.17) is 4.74 Å². The number of rotatable bonds is 7. The van der Waals surface area contributed by atoms with Crippen LogP contribution >= 0.6 is 11.3 Å². The maximum atomic E-state index is 12.8. The molecule has 1 aliphatic heterocycles. The smallest absolute Gasteiger partial charge is 0.226 e. The van der Waals surface area contributed by atoms with Crippen LogP contribution in [-0.2, 0) is 16.0 Å². The molecule has 0 radical (unpaired) electrons. The molecule has 0 bridgehead atoms. The minimum absolute atomic E-state index is 0.00322. The lowest BCUT2D eigenvalue weighted by molar-refractivity contribution is -0.129. The van der Waals surface area contributed by atoms with Gasteiger partial charge in [0.2, 0.25) is 11.8 Å². The van der Waals surface area contributed by atoms with E-state index in [0.29, 0.717) is 25.3 Å². The molecular weight excluding hydrogens is 350 g/mol. The van der Waals surface area contributed by atoms with Crippen LogP contribution in [0, 0.1) is 5.92 Å². The summed E-state index contributed by atoms with van der Waals surface area (Å²) >= 11 is 1.57. The fourth-order valence-electron chi connectivity index (χ4n) is 3.49. The van der Waals surface area contributed by atoms with Gasteiger partial charge in [-0.15, -0.1) is 11.3 Å². The van der Waals surface area contributed by atoms with Gasteiger partial charge in [0, 0.05) is 43.1 Å². The number of thiazole rings is 1. The lowest BCUT2D eigenvalue weighted by Crippen LogP contribution is -2.36. The topological polar surface area (TPSA) is 71.5 Å². The van der Waals surface area contributed by atoms with Crippen LogP contribution in [0.5, 0.6) is 5.75 Å². The lowest BCUT2D eigenvalue weighted by atomic mass is 9.92. The maximum absolute atomic E-state index is 12.8. The molecule has 1 saturated heterocycles. The molecule has 138 valence electrons. The van der Waals surface area contributed by atoms with E-state index in [1.807, 2.05) is 36.6 Å². The number of carbonyl (C=O) groups is 2. The Balaban J connectivity index is 1.77. The van der Waals surface area contributed by atoms with E-state index in [-0.39, 0.29) is 24.3 Å². The second-order valence-electron chi connectivity index (χ2n) is 6.14. The Kier molecular flexibility index (Phi) is 5.88. The third kappa shape index (κ3) is 3.72. The molecule has 0 saturated carbocycles. The first-order valence-corrected chi connectivity index (χ1v) is 9.62. The zero-order valence-corrected chi connectivity index (χ0v) is 15.8. The number of likely N-dealkylation sites (tertiary alicyclic amines) is 1. The van der Waals surface area contributed by atoms with Crippen molar-refractivity contribution in [3.63, 3.8) is 0 Å². The molecule has 6 nitrogen and oxygen atoms in total. The van der Waals surface area contributed by atoms with Gasteiger partial charge in [-0.2, -0.15) is 0 Å². The van der Waals surface area contributed by atoms with Gasteiger partial charge in [0.05, 0.1) is 24.1 Å². The minimum Gasteiger partial charge on any atom is -0.496 e. The third-order valence-electron chi connectivity index (χ3n) is 4.69. The molecule has 1 aliphatic rings. The SMILES string of the molecule is CCN1C(=O)C[C@@H](C(=O)NCCc2nccs2)[C@@H]1c1ccccc1OC. The van der Waals surface area contributed by atoms with Crippen LogP contribution in [0.2, 0.25) is 0 Å². The van der Waals surface area contributed by atoms with Crippen LogP contribution < -0.4 is 10.1 Å². The molecule has 2 amide bonds. The minimum atomic E-state index is -0.421. The average Bonchev–Trinajstić information content (AvgIpc) is 3.28. The van der Waals surface area contributed by atoms with Crippen molar-refractivity contribution >= 4 is 23.2 Å². The Bertz CT molecular complexity index is 763. The highest BCUT2D eigenvalue weighted by Gasteiger charge is 2.44. The average molecular weight is 373 g/mol. The third-order valence-corrected chi connectivity index (χ3v) is 5.53. The van der Waals surface area contributed by atoms with Crippen molar-refractivity contribution in [3.8, 4) is 5.75 Å². The van der Waals surface area contributed by atoms with Crippen LogP contribution in [0.1, 0.15) is 30.0 Å². The first kappa shape index (κ1) is 18.4. The highest BCUT2D eigenvalue weighted by atomic mass is 32.1. The molecule has 1 fully saturated rings. The molecule has 0 spiro atoms. The van der Waals surface area contributed by atoms with Crippen molar-refractivity contribution in [2.45, 2.75) is 25.8 Å². The Morgan fingerprint density at radius 2 is 2.23 bits per heavy atom. The van der Waals surface area contributed by atoms with Crippen molar-refractivity contribution in [1.29, 1.82) is 0 Å². The number of nitrogens with zero attached hydrogens (tertiary/aromatic N) is 2. The summed E-state index contributed by atoms with van der Waals surface area (Å²) in [6.07, 6.45) is 2.68. The number of ether oxygens (including phenoxy) is 1. The molecule has 1 N–H and O–H groups in total. The Morgan fingerprint density at radius 1 is 1.42 bits per heavy atom. The number of amides is 2. The van der Waals surface area contributed by atoms with Crippen LogP contribution in [0.3, 0.4) is 0 Å². The Labute approximate surface area is 157 Å². The van der Waals surface area contributed by atoms with Crippen LogP contribution in [0.15, 0.2) is 35.8 Å². The normalized spacial score (nSPS) is 19.6. The van der Waals surface area contributed by atoms with Gasteiger partial charge in [-0.05, 0) is 13.0 Å². The van der Waals surface area contributed by atoms with E-state index in [1.165, 1.54) is 0 Å². The van der Waals surface area contributed by atoms with Gasteiger partial charge < -0.3 is 15.0 Å². The Hall–Kier alpha value is -2.41. The monoisotopic (exact) mass is 373 g/mol. The Morgan fingerprint density at radius 3 is 2.92 bits per heavy atom. The van der Waals surface area contributed by atoms with Gasteiger partial charge in [0.15, 0.2) is 0 Å². The first-order chi connectivity index (χ1) is 12.7. The molecule has 2 aromatic rings. The summed E-state index contributed by atoms with van der Waals surface area (Å²) in [5.74, 6) is 0.187. The van der Waals surface area contributed by atoms with Gasteiger partial charge in [-0.25, -0.2) is 4.98 Å². The zero-order chi connectivity index (χ0) is 18.5. The van der Waals surface area contributed by atoms with Crippen LogP contribution in [-0.4, -0.2) is 41.9 Å².